The van der Waals surface area contributed by atoms with Gasteiger partial charge >= 0.3 is 0 Å². The van der Waals surface area contributed by atoms with E-state index in [0.29, 0.717) is 6.54 Å². The Bertz CT molecular complexity index is 903. The number of carbonyl (C=O) groups is 1. The molecule has 0 aliphatic rings. The van der Waals surface area contributed by atoms with Crippen LogP contribution in [0.1, 0.15) is 11.1 Å². The van der Waals surface area contributed by atoms with Crippen molar-refractivity contribution in [1.82, 2.24) is 9.88 Å². The van der Waals surface area contributed by atoms with Gasteiger partial charge in [-0.25, -0.2) is 9.37 Å². The molecule has 0 saturated heterocycles. The SMILES string of the molecule is CN(CC(=O)Nc1cccc(CSc2ccccn2)c1)Cc1ccc(F)cc1. The van der Waals surface area contributed by atoms with Gasteiger partial charge < -0.3 is 5.32 Å². The third kappa shape index (κ3) is 6.48. The van der Waals surface area contributed by atoms with Crippen molar-refractivity contribution in [3.63, 3.8) is 0 Å². The Hall–Kier alpha value is -2.70. The predicted octanol–water partition coefficient (Wildman–Crippen LogP) is 4.58. The summed E-state index contributed by atoms with van der Waals surface area (Å²) in [5, 5.41) is 3.91. The van der Waals surface area contributed by atoms with Crippen molar-refractivity contribution in [2.24, 2.45) is 0 Å². The maximum atomic E-state index is 13.0. The van der Waals surface area contributed by atoms with E-state index in [1.807, 2.05) is 54.4 Å². The van der Waals surface area contributed by atoms with Crippen LogP contribution in [0, 0.1) is 5.82 Å². The van der Waals surface area contributed by atoms with Gasteiger partial charge in [-0.1, -0.05) is 30.3 Å². The lowest BCUT2D eigenvalue weighted by Gasteiger charge is -2.16. The minimum atomic E-state index is -0.259. The molecule has 144 valence electrons. The molecule has 3 rings (SSSR count). The number of amides is 1. The summed E-state index contributed by atoms with van der Waals surface area (Å²) in [7, 11) is 1.86. The Labute approximate surface area is 168 Å². The molecule has 4 nitrogen and oxygen atoms in total. The van der Waals surface area contributed by atoms with Gasteiger partial charge in [0.15, 0.2) is 0 Å². The standard InChI is InChI=1S/C22H22FN3OS/c1-26(14-17-8-10-19(23)11-9-17)15-21(27)25-20-6-4-5-18(13-20)16-28-22-7-2-3-12-24-22/h2-13H,14-16H2,1H3,(H,25,27). The van der Waals surface area contributed by atoms with E-state index in [-0.39, 0.29) is 18.3 Å². The number of anilines is 1. The zero-order valence-corrected chi connectivity index (χ0v) is 16.5. The molecule has 0 bridgehead atoms. The van der Waals surface area contributed by atoms with Crippen molar-refractivity contribution >= 4 is 23.4 Å². The maximum Gasteiger partial charge on any atom is 0.238 e. The van der Waals surface area contributed by atoms with E-state index in [1.54, 1.807) is 30.1 Å². The number of nitrogens with one attached hydrogen (secondary N) is 1. The molecule has 1 N–H and O–H groups in total. The minimum Gasteiger partial charge on any atom is -0.325 e. The molecule has 0 aliphatic heterocycles. The van der Waals surface area contributed by atoms with Gasteiger partial charge in [0, 0.05) is 24.2 Å². The molecule has 0 fully saturated rings. The lowest BCUT2D eigenvalue weighted by Crippen LogP contribution is -2.29. The number of hydrogen-bond acceptors (Lipinski definition) is 4. The highest BCUT2D eigenvalue weighted by Crippen LogP contribution is 2.22. The van der Waals surface area contributed by atoms with Gasteiger partial charge in [0.25, 0.3) is 0 Å². The number of likely N-dealkylation sites (N-methyl/N-ethyl adjacent to an activating group) is 1. The summed E-state index contributed by atoms with van der Waals surface area (Å²) < 4.78 is 13.0. The number of halogens is 1. The number of hydrogen-bond donors (Lipinski definition) is 1. The van der Waals surface area contributed by atoms with Crippen LogP contribution < -0.4 is 5.32 Å². The first kappa shape index (κ1) is 20.0. The van der Waals surface area contributed by atoms with E-state index in [9.17, 15) is 9.18 Å². The molecule has 0 radical (unpaired) electrons. The van der Waals surface area contributed by atoms with E-state index in [4.69, 9.17) is 0 Å². The number of benzene rings is 2. The van der Waals surface area contributed by atoms with Crippen LogP contribution in [0.3, 0.4) is 0 Å². The molecule has 0 saturated carbocycles. The van der Waals surface area contributed by atoms with Crippen LogP contribution in [0.15, 0.2) is 78.0 Å². The number of aromatic nitrogens is 1. The van der Waals surface area contributed by atoms with Crippen LogP contribution in [-0.2, 0) is 17.1 Å². The van der Waals surface area contributed by atoms with Crippen LogP contribution in [0.4, 0.5) is 10.1 Å². The molecule has 3 aromatic rings. The van der Waals surface area contributed by atoms with E-state index < -0.39 is 0 Å². The number of nitrogens with zero attached hydrogens (tertiary/aromatic N) is 2. The average Bonchev–Trinajstić information content (AvgIpc) is 2.69. The summed E-state index contributed by atoms with van der Waals surface area (Å²) >= 11 is 1.66. The highest BCUT2D eigenvalue weighted by atomic mass is 32.2. The molecule has 0 spiro atoms. The zero-order valence-electron chi connectivity index (χ0n) is 15.6. The predicted molar refractivity (Wildman–Crippen MR) is 112 cm³/mol. The number of carbonyl (C=O) groups excluding carboxylic acids is 1. The van der Waals surface area contributed by atoms with Crippen molar-refractivity contribution < 1.29 is 9.18 Å². The molecule has 0 unspecified atom stereocenters. The van der Waals surface area contributed by atoms with Gasteiger partial charge in [-0.2, -0.15) is 0 Å². The average molecular weight is 396 g/mol. The second kappa shape index (κ2) is 10.0. The van der Waals surface area contributed by atoms with Gasteiger partial charge in [0.05, 0.1) is 11.6 Å². The molecule has 1 heterocycles. The summed E-state index contributed by atoms with van der Waals surface area (Å²) in [4.78, 5) is 18.5. The van der Waals surface area contributed by atoms with Crippen LogP contribution in [0.25, 0.3) is 0 Å². The normalized spacial score (nSPS) is 10.8. The monoisotopic (exact) mass is 395 g/mol. The smallest absolute Gasteiger partial charge is 0.238 e. The van der Waals surface area contributed by atoms with Crippen LogP contribution >= 0.6 is 11.8 Å². The first-order valence-electron chi connectivity index (χ1n) is 8.94. The van der Waals surface area contributed by atoms with Crippen molar-refractivity contribution in [2.45, 2.75) is 17.3 Å². The largest absolute Gasteiger partial charge is 0.325 e. The van der Waals surface area contributed by atoms with Crippen LogP contribution in [-0.4, -0.2) is 29.4 Å². The fourth-order valence-corrected chi connectivity index (χ4v) is 3.54. The summed E-state index contributed by atoms with van der Waals surface area (Å²) in [5.74, 6) is 0.440. The third-order valence-electron chi connectivity index (χ3n) is 4.01. The summed E-state index contributed by atoms with van der Waals surface area (Å²) in [6.07, 6.45) is 1.78. The molecule has 1 aromatic heterocycles. The van der Waals surface area contributed by atoms with E-state index in [0.717, 1.165) is 27.6 Å². The molecule has 0 aliphatic carbocycles. The highest BCUT2D eigenvalue weighted by Gasteiger charge is 2.08. The number of pyridine rings is 1. The quantitative estimate of drug-likeness (QED) is 0.567. The van der Waals surface area contributed by atoms with E-state index >= 15 is 0 Å². The lowest BCUT2D eigenvalue weighted by atomic mass is 10.2. The Morgan fingerprint density at radius 1 is 1.07 bits per heavy atom. The topological polar surface area (TPSA) is 45.2 Å². The molecule has 0 atom stereocenters. The highest BCUT2D eigenvalue weighted by molar-refractivity contribution is 7.98. The molecular weight excluding hydrogens is 373 g/mol. The van der Waals surface area contributed by atoms with Gasteiger partial charge in [-0.3, -0.25) is 9.69 Å². The minimum absolute atomic E-state index is 0.0841. The zero-order chi connectivity index (χ0) is 19.8. The fraction of sp³-hybridized carbons (Fsp3) is 0.182. The van der Waals surface area contributed by atoms with Gasteiger partial charge in [-0.15, -0.1) is 11.8 Å². The summed E-state index contributed by atoms with van der Waals surface area (Å²) in [6, 6.07) is 20.0. The molecule has 6 heteroatoms. The molecule has 2 aromatic carbocycles. The molecular formula is C22H22FN3OS. The Balaban J connectivity index is 1.50. The van der Waals surface area contributed by atoms with Crippen molar-refractivity contribution in [3.05, 3.63) is 89.9 Å². The van der Waals surface area contributed by atoms with E-state index in [1.165, 1.54) is 12.1 Å². The molecule has 1 amide bonds. The number of thioether (sulfide) groups is 1. The van der Waals surface area contributed by atoms with Gasteiger partial charge in [-0.05, 0) is 54.6 Å². The summed E-state index contributed by atoms with van der Waals surface area (Å²) in [6.45, 7) is 0.832. The fourth-order valence-electron chi connectivity index (χ4n) is 2.73. The van der Waals surface area contributed by atoms with Crippen molar-refractivity contribution in [3.8, 4) is 0 Å². The first-order chi connectivity index (χ1) is 13.6. The Morgan fingerprint density at radius 3 is 2.64 bits per heavy atom. The van der Waals surface area contributed by atoms with Gasteiger partial charge in [0.2, 0.25) is 5.91 Å². The van der Waals surface area contributed by atoms with E-state index in [2.05, 4.69) is 10.3 Å². The maximum absolute atomic E-state index is 13.0. The lowest BCUT2D eigenvalue weighted by molar-refractivity contribution is -0.117. The second-order valence-electron chi connectivity index (χ2n) is 6.50. The van der Waals surface area contributed by atoms with Crippen LogP contribution in [0.5, 0.6) is 0 Å². The van der Waals surface area contributed by atoms with Crippen molar-refractivity contribution in [2.75, 3.05) is 18.9 Å². The van der Waals surface area contributed by atoms with Crippen molar-refractivity contribution in [1.29, 1.82) is 0 Å². The number of rotatable bonds is 8. The second-order valence-corrected chi connectivity index (χ2v) is 7.50. The van der Waals surface area contributed by atoms with Gasteiger partial charge in [0.1, 0.15) is 5.82 Å². The first-order valence-corrected chi connectivity index (χ1v) is 9.93. The van der Waals surface area contributed by atoms with Crippen LogP contribution in [0.2, 0.25) is 0 Å². The Kier molecular flexibility index (Phi) is 7.17. The molecule has 28 heavy (non-hydrogen) atoms. The Morgan fingerprint density at radius 2 is 1.89 bits per heavy atom. The third-order valence-corrected chi connectivity index (χ3v) is 5.03. The summed E-state index contributed by atoms with van der Waals surface area (Å²) in [5.41, 5.74) is 2.86.